The summed E-state index contributed by atoms with van der Waals surface area (Å²) in [6.45, 7) is 0.372. The monoisotopic (exact) mass is 441 g/mol. The van der Waals surface area contributed by atoms with Gasteiger partial charge in [-0.1, -0.05) is 23.7 Å². The average molecular weight is 442 g/mol. The van der Waals surface area contributed by atoms with Crippen molar-refractivity contribution in [2.24, 2.45) is 0 Å². The van der Waals surface area contributed by atoms with Gasteiger partial charge in [-0.15, -0.1) is 15.3 Å². The Labute approximate surface area is 181 Å². The van der Waals surface area contributed by atoms with E-state index in [1.807, 2.05) is 24.3 Å². The fraction of sp³-hybridized carbons (Fsp3) is 0.143. The molecule has 1 N–H and O–H groups in total. The number of hydrogen-bond donors (Lipinski definition) is 1. The Morgan fingerprint density at radius 2 is 2.03 bits per heavy atom. The van der Waals surface area contributed by atoms with Crippen LogP contribution in [0.5, 0.6) is 11.6 Å². The van der Waals surface area contributed by atoms with Gasteiger partial charge in [-0.25, -0.2) is 4.39 Å². The third-order valence-corrected chi connectivity index (χ3v) is 4.69. The number of methoxy groups -OCH3 is 1. The van der Waals surface area contributed by atoms with Gasteiger partial charge in [0.1, 0.15) is 18.2 Å². The molecule has 0 unspecified atom stereocenters. The highest BCUT2D eigenvalue weighted by atomic mass is 35.5. The van der Waals surface area contributed by atoms with E-state index in [0.717, 1.165) is 11.6 Å². The number of carbonyl (C=O) groups is 1. The summed E-state index contributed by atoms with van der Waals surface area (Å²) in [5.41, 5.74) is 1.54. The molecule has 0 radical (unpaired) electrons. The third kappa shape index (κ3) is 4.56. The van der Waals surface area contributed by atoms with E-state index in [-0.39, 0.29) is 23.7 Å². The molecule has 0 atom stereocenters. The molecular formula is C21H17ClFN5O3. The topological polar surface area (TPSA) is 90.6 Å². The number of hydrogen-bond acceptors (Lipinski definition) is 6. The van der Waals surface area contributed by atoms with E-state index < -0.39 is 11.7 Å². The summed E-state index contributed by atoms with van der Waals surface area (Å²) < 4.78 is 25.6. The number of carbonyl (C=O) groups excluding carboxylic acids is 1. The number of fused-ring (bicyclic) bond motifs is 1. The fourth-order valence-corrected chi connectivity index (χ4v) is 3.13. The summed E-state index contributed by atoms with van der Waals surface area (Å²) in [6, 6.07) is 14.4. The van der Waals surface area contributed by atoms with E-state index >= 15 is 0 Å². The van der Waals surface area contributed by atoms with E-state index in [9.17, 15) is 9.18 Å². The lowest BCUT2D eigenvalue weighted by Gasteiger charge is -2.09. The first-order chi connectivity index (χ1) is 15.0. The number of benzene rings is 2. The molecule has 2 heterocycles. The van der Waals surface area contributed by atoms with Crippen molar-refractivity contribution in [3.63, 3.8) is 0 Å². The Morgan fingerprint density at radius 3 is 2.84 bits per heavy atom. The minimum absolute atomic E-state index is 0.0446. The van der Waals surface area contributed by atoms with Crippen molar-refractivity contribution in [3.05, 3.63) is 71.0 Å². The van der Waals surface area contributed by atoms with Crippen LogP contribution in [0.15, 0.2) is 54.6 Å². The standard InChI is InChI=1S/C21H17ClFN5O3/c1-30-15-4-2-3-13(11-15)20-26-25-18-7-8-19(27-28(18)20)31-10-9-24-21(29)16-6-5-14(23)12-17(16)22/h2-8,11-12H,9-10H2,1H3,(H,24,29). The lowest BCUT2D eigenvalue weighted by Crippen LogP contribution is -2.28. The molecule has 0 fully saturated rings. The molecule has 31 heavy (non-hydrogen) atoms. The molecule has 0 saturated carbocycles. The minimum atomic E-state index is -0.506. The second kappa shape index (κ2) is 8.97. The molecule has 0 bridgehead atoms. The second-order valence-electron chi connectivity index (χ2n) is 6.43. The van der Waals surface area contributed by atoms with E-state index in [1.54, 1.807) is 23.8 Å². The Bertz CT molecular complexity index is 1250. The maximum atomic E-state index is 13.1. The largest absolute Gasteiger partial charge is 0.497 e. The van der Waals surface area contributed by atoms with Crippen molar-refractivity contribution < 1.29 is 18.7 Å². The van der Waals surface area contributed by atoms with Crippen LogP contribution in [0.25, 0.3) is 17.0 Å². The number of rotatable bonds is 7. The number of halogens is 2. The van der Waals surface area contributed by atoms with Crippen LogP contribution in [0.2, 0.25) is 5.02 Å². The number of amides is 1. The zero-order valence-corrected chi connectivity index (χ0v) is 17.1. The molecule has 8 nitrogen and oxygen atoms in total. The van der Waals surface area contributed by atoms with Crippen LogP contribution in [-0.4, -0.2) is 46.0 Å². The number of nitrogens with one attached hydrogen (secondary N) is 1. The van der Waals surface area contributed by atoms with Crippen LogP contribution in [0, 0.1) is 5.82 Å². The normalized spacial score (nSPS) is 10.8. The molecule has 0 spiro atoms. The van der Waals surface area contributed by atoms with Gasteiger partial charge in [-0.2, -0.15) is 4.52 Å². The summed E-state index contributed by atoms with van der Waals surface area (Å²) in [7, 11) is 1.59. The first kappa shape index (κ1) is 20.5. The molecule has 2 aromatic carbocycles. The number of aromatic nitrogens is 4. The zero-order valence-electron chi connectivity index (χ0n) is 16.4. The first-order valence-electron chi connectivity index (χ1n) is 9.28. The van der Waals surface area contributed by atoms with Crippen LogP contribution in [0.1, 0.15) is 10.4 Å². The van der Waals surface area contributed by atoms with Crippen LogP contribution in [0.3, 0.4) is 0 Å². The van der Waals surface area contributed by atoms with Gasteiger partial charge in [0.15, 0.2) is 11.5 Å². The number of nitrogens with zero attached hydrogens (tertiary/aromatic N) is 4. The predicted molar refractivity (Wildman–Crippen MR) is 112 cm³/mol. The van der Waals surface area contributed by atoms with E-state index in [1.165, 1.54) is 12.1 Å². The Balaban J connectivity index is 1.41. The Kier molecular flexibility index (Phi) is 5.94. The van der Waals surface area contributed by atoms with Gasteiger partial charge in [-0.3, -0.25) is 4.79 Å². The SMILES string of the molecule is COc1cccc(-c2nnc3ccc(OCCNC(=O)c4ccc(F)cc4Cl)nn23)c1. The van der Waals surface area contributed by atoms with Gasteiger partial charge in [0, 0.05) is 11.6 Å². The molecule has 0 saturated heterocycles. The summed E-state index contributed by atoms with van der Waals surface area (Å²) in [5, 5.41) is 15.4. The molecule has 4 aromatic rings. The third-order valence-electron chi connectivity index (χ3n) is 4.38. The van der Waals surface area contributed by atoms with Crippen LogP contribution in [-0.2, 0) is 0 Å². The van der Waals surface area contributed by atoms with Gasteiger partial charge in [0.25, 0.3) is 5.91 Å². The molecule has 1 amide bonds. The minimum Gasteiger partial charge on any atom is -0.497 e. The smallest absolute Gasteiger partial charge is 0.252 e. The summed E-state index contributed by atoms with van der Waals surface area (Å²) >= 11 is 5.90. The van der Waals surface area contributed by atoms with Crippen LogP contribution >= 0.6 is 11.6 Å². The maximum Gasteiger partial charge on any atom is 0.252 e. The quantitative estimate of drug-likeness (QED) is 0.442. The van der Waals surface area contributed by atoms with Crippen molar-refractivity contribution in [2.75, 3.05) is 20.3 Å². The van der Waals surface area contributed by atoms with Crippen LogP contribution in [0.4, 0.5) is 4.39 Å². The molecule has 158 valence electrons. The van der Waals surface area contributed by atoms with Crippen molar-refractivity contribution >= 4 is 23.2 Å². The number of ether oxygens (including phenoxy) is 2. The highest BCUT2D eigenvalue weighted by Crippen LogP contribution is 2.23. The Morgan fingerprint density at radius 1 is 1.16 bits per heavy atom. The predicted octanol–water partition coefficient (Wildman–Crippen LogP) is 3.40. The zero-order chi connectivity index (χ0) is 21.8. The van der Waals surface area contributed by atoms with Crippen LogP contribution < -0.4 is 14.8 Å². The molecular weight excluding hydrogens is 425 g/mol. The van der Waals surface area contributed by atoms with Crippen molar-refractivity contribution in [3.8, 4) is 23.0 Å². The summed E-state index contributed by atoms with van der Waals surface area (Å²) in [5.74, 6) is 0.646. The molecule has 10 heteroatoms. The van der Waals surface area contributed by atoms with Crippen molar-refractivity contribution in [1.82, 2.24) is 25.1 Å². The summed E-state index contributed by atoms with van der Waals surface area (Å²) in [4.78, 5) is 12.2. The highest BCUT2D eigenvalue weighted by Gasteiger charge is 2.12. The highest BCUT2D eigenvalue weighted by molar-refractivity contribution is 6.33. The molecule has 0 aliphatic heterocycles. The van der Waals surface area contributed by atoms with Gasteiger partial charge in [-0.05, 0) is 36.4 Å². The van der Waals surface area contributed by atoms with E-state index in [2.05, 4.69) is 20.6 Å². The molecule has 4 rings (SSSR count). The Hall–Kier alpha value is -3.72. The lowest BCUT2D eigenvalue weighted by molar-refractivity contribution is 0.0946. The maximum absolute atomic E-state index is 13.1. The fourth-order valence-electron chi connectivity index (χ4n) is 2.88. The van der Waals surface area contributed by atoms with E-state index in [4.69, 9.17) is 21.1 Å². The average Bonchev–Trinajstić information content (AvgIpc) is 3.20. The molecule has 0 aliphatic carbocycles. The van der Waals surface area contributed by atoms with Gasteiger partial charge < -0.3 is 14.8 Å². The van der Waals surface area contributed by atoms with Gasteiger partial charge in [0.05, 0.1) is 24.2 Å². The van der Waals surface area contributed by atoms with Crippen molar-refractivity contribution in [1.29, 1.82) is 0 Å². The van der Waals surface area contributed by atoms with Crippen molar-refractivity contribution in [2.45, 2.75) is 0 Å². The second-order valence-corrected chi connectivity index (χ2v) is 6.83. The molecule has 2 aromatic heterocycles. The summed E-state index contributed by atoms with van der Waals surface area (Å²) in [6.07, 6.45) is 0. The lowest BCUT2D eigenvalue weighted by atomic mass is 10.2. The van der Waals surface area contributed by atoms with E-state index in [0.29, 0.717) is 23.1 Å². The van der Waals surface area contributed by atoms with Gasteiger partial charge in [0.2, 0.25) is 5.88 Å². The molecule has 0 aliphatic rings. The van der Waals surface area contributed by atoms with Gasteiger partial charge >= 0.3 is 0 Å². The first-order valence-corrected chi connectivity index (χ1v) is 9.66.